The number of ether oxygens (including phenoxy) is 3. The fourth-order valence-corrected chi connectivity index (χ4v) is 3.63. The van der Waals surface area contributed by atoms with Crippen LogP contribution in [0.25, 0.3) is 0 Å². The van der Waals surface area contributed by atoms with Gasteiger partial charge in [0.05, 0.1) is 18.0 Å². The van der Waals surface area contributed by atoms with Crippen LogP contribution >= 0.6 is 0 Å². The first-order valence-corrected chi connectivity index (χ1v) is 9.51. The van der Waals surface area contributed by atoms with Gasteiger partial charge in [-0.3, -0.25) is 14.9 Å². The predicted molar refractivity (Wildman–Crippen MR) is 106 cm³/mol. The molecule has 0 bridgehead atoms. The van der Waals surface area contributed by atoms with Crippen molar-refractivity contribution in [2.24, 2.45) is 5.92 Å². The van der Waals surface area contributed by atoms with Gasteiger partial charge in [-0.1, -0.05) is 6.07 Å². The van der Waals surface area contributed by atoms with E-state index in [0.29, 0.717) is 44.0 Å². The molecule has 1 fully saturated rings. The third-order valence-corrected chi connectivity index (χ3v) is 5.21. The van der Waals surface area contributed by atoms with Crippen molar-refractivity contribution in [2.75, 3.05) is 37.2 Å². The van der Waals surface area contributed by atoms with Crippen LogP contribution < -0.4 is 19.7 Å². The quantitative estimate of drug-likeness (QED) is 0.425. The summed E-state index contributed by atoms with van der Waals surface area (Å²) >= 11 is 0. The average Bonchev–Trinajstić information content (AvgIpc) is 3.24. The molecule has 3 heterocycles. The van der Waals surface area contributed by atoms with Crippen molar-refractivity contribution < 1.29 is 23.9 Å². The molecule has 0 amide bonds. The lowest BCUT2D eigenvalue weighted by atomic mass is 9.97. The Morgan fingerprint density at radius 2 is 2.07 bits per heavy atom. The minimum atomic E-state index is -0.482. The number of nitrogens with zero attached hydrogens (tertiary/aromatic N) is 4. The molecule has 2 aliphatic rings. The van der Waals surface area contributed by atoms with Gasteiger partial charge in [0.1, 0.15) is 6.33 Å². The fourth-order valence-electron chi connectivity index (χ4n) is 3.63. The zero-order chi connectivity index (χ0) is 21.1. The highest BCUT2D eigenvalue weighted by Crippen LogP contribution is 2.35. The van der Waals surface area contributed by atoms with E-state index in [1.807, 2.05) is 17.0 Å². The van der Waals surface area contributed by atoms with Crippen LogP contribution in [0.15, 0.2) is 24.5 Å². The summed E-state index contributed by atoms with van der Waals surface area (Å²) in [5.41, 5.74) is 0.683. The van der Waals surface area contributed by atoms with Gasteiger partial charge in [-0.15, -0.1) is 0 Å². The highest BCUT2D eigenvalue weighted by atomic mass is 16.7. The standard InChI is InChI=1S/C19H21N5O6/c1-28-19(25)13-4-6-23(7-5-13)18-16(24(26)27)17(21-10-22-18)20-9-12-2-3-14-15(8-12)30-11-29-14/h2-3,8,10,13H,4-7,9,11H2,1H3,(H,20,21,22). The molecule has 1 saturated heterocycles. The Morgan fingerprint density at radius 3 is 2.80 bits per heavy atom. The molecule has 0 atom stereocenters. The molecular formula is C19H21N5O6. The first-order valence-electron chi connectivity index (χ1n) is 9.51. The summed E-state index contributed by atoms with van der Waals surface area (Å²) < 4.78 is 15.4. The third kappa shape index (κ3) is 3.91. The number of anilines is 2. The van der Waals surface area contributed by atoms with E-state index in [1.165, 1.54) is 13.4 Å². The maximum atomic E-state index is 11.8. The molecule has 11 heteroatoms. The lowest BCUT2D eigenvalue weighted by Crippen LogP contribution is -2.37. The number of nitro groups is 1. The van der Waals surface area contributed by atoms with E-state index in [9.17, 15) is 14.9 Å². The maximum absolute atomic E-state index is 11.8. The van der Waals surface area contributed by atoms with Gasteiger partial charge in [-0.2, -0.15) is 0 Å². The van der Waals surface area contributed by atoms with Crippen LogP contribution in [-0.2, 0) is 16.1 Å². The van der Waals surface area contributed by atoms with Gasteiger partial charge in [0, 0.05) is 19.6 Å². The van der Waals surface area contributed by atoms with Crippen LogP contribution in [0, 0.1) is 16.0 Å². The van der Waals surface area contributed by atoms with Gasteiger partial charge in [0.2, 0.25) is 18.4 Å². The second-order valence-electron chi connectivity index (χ2n) is 6.98. The highest BCUT2D eigenvalue weighted by Gasteiger charge is 2.32. The number of nitrogens with one attached hydrogen (secondary N) is 1. The van der Waals surface area contributed by atoms with Crippen molar-refractivity contribution in [1.29, 1.82) is 0 Å². The van der Waals surface area contributed by atoms with Gasteiger partial charge < -0.3 is 24.4 Å². The maximum Gasteiger partial charge on any atom is 0.353 e. The minimum absolute atomic E-state index is 0.137. The van der Waals surface area contributed by atoms with Crippen LogP contribution in [0.4, 0.5) is 17.3 Å². The molecule has 11 nitrogen and oxygen atoms in total. The molecule has 0 saturated carbocycles. The van der Waals surface area contributed by atoms with Crippen LogP contribution in [0.3, 0.4) is 0 Å². The van der Waals surface area contributed by atoms with Gasteiger partial charge in [-0.05, 0) is 30.5 Å². The monoisotopic (exact) mass is 415 g/mol. The van der Waals surface area contributed by atoms with Crippen LogP contribution in [0.1, 0.15) is 18.4 Å². The zero-order valence-electron chi connectivity index (χ0n) is 16.4. The first kappa shape index (κ1) is 19.7. The molecule has 158 valence electrons. The number of aromatic nitrogens is 2. The second-order valence-corrected chi connectivity index (χ2v) is 6.98. The van der Waals surface area contributed by atoms with Crippen molar-refractivity contribution >= 4 is 23.3 Å². The predicted octanol–water partition coefficient (Wildman–Crippen LogP) is 2.11. The molecule has 0 unspecified atom stereocenters. The first-order chi connectivity index (χ1) is 14.6. The largest absolute Gasteiger partial charge is 0.469 e. The lowest BCUT2D eigenvalue weighted by Gasteiger charge is -2.31. The second kappa shape index (κ2) is 8.39. The van der Waals surface area contributed by atoms with Gasteiger partial charge >= 0.3 is 11.7 Å². The number of carbonyl (C=O) groups excluding carboxylic acids is 1. The van der Waals surface area contributed by atoms with Crippen LogP contribution in [-0.4, -0.2) is 47.9 Å². The van der Waals surface area contributed by atoms with Gasteiger partial charge in [-0.25, -0.2) is 9.97 Å². The Morgan fingerprint density at radius 1 is 1.30 bits per heavy atom. The number of hydrogen-bond donors (Lipinski definition) is 1. The Balaban J connectivity index is 1.50. The molecule has 30 heavy (non-hydrogen) atoms. The Bertz CT molecular complexity index is 960. The number of benzene rings is 1. The summed E-state index contributed by atoms with van der Waals surface area (Å²) in [5.74, 6) is 1.24. The molecule has 1 aromatic carbocycles. The molecule has 1 N–H and O–H groups in total. The fraction of sp³-hybridized carbons (Fsp3) is 0.421. The minimum Gasteiger partial charge on any atom is -0.469 e. The summed E-state index contributed by atoms with van der Waals surface area (Å²) in [5, 5.41) is 14.8. The third-order valence-electron chi connectivity index (χ3n) is 5.21. The molecular weight excluding hydrogens is 394 g/mol. The number of hydrogen-bond acceptors (Lipinski definition) is 10. The summed E-state index contributed by atoms with van der Waals surface area (Å²) in [7, 11) is 1.36. The number of carbonyl (C=O) groups is 1. The van der Waals surface area contributed by atoms with E-state index in [1.54, 1.807) is 6.07 Å². The summed E-state index contributed by atoms with van der Waals surface area (Å²) in [6, 6.07) is 5.47. The van der Waals surface area contributed by atoms with Crippen molar-refractivity contribution in [2.45, 2.75) is 19.4 Å². The van der Waals surface area contributed by atoms with Gasteiger partial charge in [0.15, 0.2) is 11.5 Å². The molecule has 4 rings (SSSR count). The van der Waals surface area contributed by atoms with E-state index in [2.05, 4.69) is 15.3 Å². The van der Waals surface area contributed by atoms with Crippen LogP contribution in [0.5, 0.6) is 11.5 Å². The van der Waals surface area contributed by atoms with Crippen LogP contribution in [0.2, 0.25) is 0 Å². The topological polar surface area (TPSA) is 129 Å². The van der Waals surface area contributed by atoms with E-state index in [4.69, 9.17) is 14.2 Å². The highest BCUT2D eigenvalue weighted by molar-refractivity contribution is 5.74. The summed E-state index contributed by atoms with van der Waals surface area (Å²) in [6.07, 6.45) is 2.40. The lowest BCUT2D eigenvalue weighted by molar-refractivity contribution is -0.383. The Labute approximate surface area is 172 Å². The molecule has 0 spiro atoms. The summed E-state index contributed by atoms with van der Waals surface area (Å²) in [6.45, 7) is 1.44. The van der Waals surface area contributed by atoms with Crippen molar-refractivity contribution in [3.05, 3.63) is 40.2 Å². The van der Waals surface area contributed by atoms with Crippen molar-refractivity contribution in [3.63, 3.8) is 0 Å². The average molecular weight is 415 g/mol. The molecule has 0 aliphatic carbocycles. The van der Waals surface area contributed by atoms with Gasteiger partial charge in [0.25, 0.3) is 0 Å². The van der Waals surface area contributed by atoms with Crippen molar-refractivity contribution in [1.82, 2.24) is 9.97 Å². The normalized spacial score (nSPS) is 15.7. The molecule has 0 radical (unpaired) electrons. The van der Waals surface area contributed by atoms with E-state index in [0.717, 1.165) is 5.56 Å². The summed E-state index contributed by atoms with van der Waals surface area (Å²) in [4.78, 5) is 33.1. The molecule has 1 aromatic heterocycles. The smallest absolute Gasteiger partial charge is 0.353 e. The molecule has 2 aliphatic heterocycles. The number of methoxy groups -OCH3 is 1. The molecule has 2 aromatic rings. The number of rotatable bonds is 6. The van der Waals surface area contributed by atoms with E-state index < -0.39 is 4.92 Å². The Kier molecular flexibility index (Phi) is 5.50. The zero-order valence-corrected chi connectivity index (χ0v) is 16.4. The SMILES string of the molecule is COC(=O)C1CCN(c2ncnc(NCc3ccc4c(c3)OCO4)c2[N+](=O)[O-])CC1. The number of piperidine rings is 1. The van der Waals surface area contributed by atoms with E-state index >= 15 is 0 Å². The van der Waals surface area contributed by atoms with E-state index in [-0.39, 0.29) is 36.0 Å². The number of esters is 1. The number of fused-ring (bicyclic) bond motifs is 1. The Hall–Kier alpha value is -3.63. The van der Waals surface area contributed by atoms with Crippen molar-refractivity contribution in [3.8, 4) is 11.5 Å².